The number of nitrogens with two attached hydrogens (primary N) is 1. The Bertz CT molecular complexity index is 676. The van der Waals surface area contributed by atoms with Gasteiger partial charge in [-0.2, -0.15) is 0 Å². The number of hydrogen-bond acceptors (Lipinski definition) is 3. The molecule has 3 N–H and O–H groups in total. The average Bonchev–Trinajstić information content (AvgIpc) is 3.10. The second-order valence-electron chi connectivity index (χ2n) is 5.33. The lowest BCUT2D eigenvalue weighted by Crippen LogP contribution is -2.54. The molecular weight excluding hydrogens is 268 g/mol. The number of likely N-dealkylation sites (tertiary alicyclic amines) is 1. The van der Waals surface area contributed by atoms with Crippen molar-refractivity contribution in [1.82, 2.24) is 14.9 Å². The van der Waals surface area contributed by atoms with Crippen molar-refractivity contribution >= 4 is 22.8 Å². The molecule has 0 unspecified atom stereocenters. The Hall–Kier alpha value is -2.37. The molecule has 1 saturated heterocycles. The van der Waals surface area contributed by atoms with Gasteiger partial charge in [-0.15, -0.1) is 0 Å². The van der Waals surface area contributed by atoms with Crippen molar-refractivity contribution in [2.45, 2.75) is 31.7 Å². The Morgan fingerprint density at radius 2 is 2.19 bits per heavy atom. The topological polar surface area (TPSA) is 92.1 Å². The zero-order chi connectivity index (χ0) is 15.0. The van der Waals surface area contributed by atoms with Crippen LogP contribution in [-0.2, 0) is 15.1 Å². The van der Waals surface area contributed by atoms with Crippen LogP contribution in [0, 0.1) is 0 Å². The fourth-order valence-corrected chi connectivity index (χ4v) is 3.12. The maximum absolute atomic E-state index is 12.2. The van der Waals surface area contributed by atoms with Gasteiger partial charge in [-0.3, -0.25) is 9.59 Å². The van der Waals surface area contributed by atoms with E-state index >= 15 is 0 Å². The number of para-hydroxylation sites is 2. The van der Waals surface area contributed by atoms with E-state index in [9.17, 15) is 9.59 Å². The number of aromatic amines is 1. The van der Waals surface area contributed by atoms with Crippen molar-refractivity contribution in [1.29, 1.82) is 0 Å². The van der Waals surface area contributed by atoms with Crippen LogP contribution in [0.4, 0.5) is 0 Å². The summed E-state index contributed by atoms with van der Waals surface area (Å²) in [5.41, 5.74) is 6.13. The number of aromatic nitrogens is 2. The summed E-state index contributed by atoms with van der Waals surface area (Å²) in [4.78, 5) is 33.6. The van der Waals surface area contributed by atoms with Gasteiger partial charge < -0.3 is 15.6 Å². The SMILES string of the molecule is CCC(=O)N1CCC[C@]1(C(N)=O)c1nc2ccccc2[nH]1. The molecule has 1 fully saturated rings. The number of carbonyl (C=O) groups is 2. The van der Waals surface area contributed by atoms with Crippen molar-refractivity contribution < 1.29 is 9.59 Å². The van der Waals surface area contributed by atoms with E-state index < -0.39 is 11.4 Å². The van der Waals surface area contributed by atoms with Crippen LogP contribution in [0.2, 0.25) is 0 Å². The van der Waals surface area contributed by atoms with Crippen LogP contribution in [0.3, 0.4) is 0 Å². The number of benzene rings is 1. The van der Waals surface area contributed by atoms with Crippen molar-refractivity contribution in [2.75, 3.05) is 6.54 Å². The summed E-state index contributed by atoms with van der Waals surface area (Å²) < 4.78 is 0. The molecule has 1 aromatic carbocycles. The van der Waals surface area contributed by atoms with Gasteiger partial charge in [0.2, 0.25) is 5.91 Å². The summed E-state index contributed by atoms with van der Waals surface area (Å²) in [5.74, 6) is -0.136. The van der Waals surface area contributed by atoms with Crippen LogP contribution in [0.25, 0.3) is 11.0 Å². The largest absolute Gasteiger partial charge is 0.367 e. The van der Waals surface area contributed by atoms with Gasteiger partial charge in [-0.05, 0) is 25.0 Å². The van der Waals surface area contributed by atoms with Gasteiger partial charge in [0.1, 0.15) is 5.82 Å². The van der Waals surface area contributed by atoms with Gasteiger partial charge in [0.15, 0.2) is 5.54 Å². The minimum absolute atomic E-state index is 0.0771. The molecule has 1 aromatic heterocycles. The van der Waals surface area contributed by atoms with Crippen LogP contribution in [0.15, 0.2) is 24.3 Å². The quantitative estimate of drug-likeness (QED) is 0.890. The summed E-state index contributed by atoms with van der Waals surface area (Å²) in [6, 6.07) is 7.53. The first-order valence-electron chi connectivity index (χ1n) is 7.15. The zero-order valence-corrected chi connectivity index (χ0v) is 11.9. The van der Waals surface area contributed by atoms with E-state index in [1.54, 1.807) is 11.8 Å². The van der Waals surface area contributed by atoms with Gasteiger partial charge in [0, 0.05) is 13.0 Å². The highest BCUT2D eigenvalue weighted by Gasteiger charge is 2.51. The molecule has 21 heavy (non-hydrogen) atoms. The van der Waals surface area contributed by atoms with Crippen LogP contribution in [0.5, 0.6) is 0 Å². The third-order valence-corrected chi connectivity index (χ3v) is 4.17. The molecule has 0 aliphatic carbocycles. The van der Waals surface area contributed by atoms with Crippen LogP contribution in [-0.4, -0.2) is 33.2 Å². The lowest BCUT2D eigenvalue weighted by atomic mass is 9.94. The Morgan fingerprint density at radius 3 is 2.86 bits per heavy atom. The van der Waals surface area contributed by atoms with Crippen LogP contribution >= 0.6 is 0 Å². The number of nitrogens with zero attached hydrogens (tertiary/aromatic N) is 2. The molecule has 0 spiro atoms. The Labute approximate surface area is 122 Å². The third kappa shape index (κ3) is 1.90. The molecule has 0 bridgehead atoms. The molecule has 0 radical (unpaired) electrons. The maximum Gasteiger partial charge on any atom is 0.251 e. The Balaban J connectivity index is 2.16. The average molecular weight is 286 g/mol. The highest BCUT2D eigenvalue weighted by molar-refractivity contribution is 5.92. The number of primary amides is 1. The molecular formula is C15H18N4O2. The highest BCUT2D eigenvalue weighted by atomic mass is 16.2. The summed E-state index contributed by atoms with van der Waals surface area (Å²) >= 11 is 0. The van der Waals surface area contributed by atoms with Gasteiger partial charge in [-0.25, -0.2) is 4.98 Å². The molecule has 2 heterocycles. The highest BCUT2D eigenvalue weighted by Crippen LogP contribution is 2.38. The van der Waals surface area contributed by atoms with Gasteiger partial charge in [-0.1, -0.05) is 19.1 Å². The number of nitrogens with one attached hydrogen (secondary N) is 1. The zero-order valence-electron chi connectivity index (χ0n) is 11.9. The third-order valence-electron chi connectivity index (χ3n) is 4.17. The first kappa shape index (κ1) is 13.6. The normalized spacial score (nSPS) is 21.9. The van der Waals surface area contributed by atoms with E-state index in [1.165, 1.54) is 0 Å². The van der Waals surface area contributed by atoms with E-state index in [0.29, 0.717) is 25.2 Å². The van der Waals surface area contributed by atoms with Crippen molar-refractivity contribution in [3.8, 4) is 0 Å². The van der Waals surface area contributed by atoms with E-state index in [-0.39, 0.29) is 5.91 Å². The number of imidazole rings is 1. The van der Waals surface area contributed by atoms with Crippen molar-refractivity contribution in [3.63, 3.8) is 0 Å². The first-order chi connectivity index (χ1) is 10.1. The fourth-order valence-electron chi connectivity index (χ4n) is 3.12. The predicted octanol–water partition coefficient (Wildman–Crippen LogP) is 1.28. The number of rotatable bonds is 3. The minimum atomic E-state index is -1.15. The summed E-state index contributed by atoms with van der Waals surface area (Å²) in [7, 11) is 0. The molecule has 0 saturated carbocycles. The van der Waals surface area contributed by atoms with Crippen molar-refractivity contribution in [2.24, 2.45) is 5.73 Å². The lowest BCUT2D eigenvalue weighted by molar-refractivity contribution is -0.144. The fraction of sp³-hybridized carbons (Fsp3) is 0.400. The number of amides is 2. The molecule has 6 nitrogen and oxygen atoms in total. The second-order valence-corrected chi connectivity index (χ2v) is 5.33. The summed E-state index contributed by atoms with van der Waals surface area (Å²) in [6.07, 6.45) is 1.59. The standard InChI is InChI=1S/C15H18N4O2/c1-2-12(20)19-9-5-8-15(19,13(16)21)14-17-10-6-3-4-7-11(10)18-14/h3-4,6-7H,2,5,8-9H2,1H3,(H2,16,21)(H,17,18)/t15-/m0/s1. The van der Waals surface area contributed by atoms with E-state index in [1.807, 2.05) is 24.3 Å². The second kappa shape index (κ2) is 4.87. The Morgan fingerprint density at radius 1 is 1.43 bits per heavy atom. The number of carbonyl (C=O) groups excluding carboxylic acids is 2. The number of H-pyrrole nitrogens is 1. The smallest absolute Gasteiger partial charge is 0.251 e. The first-order valence-corrected chi connectivity index (χ1v) is 7.15. The van der Waals surface area contributed by atoms with E-state index in [4.69, 9.17) is 5.73 Å². The minimum Gasteiger partial charge on any atom is -0.367 e. The van der Waals surface area contributed by atoms with E-state index in [2.05, 4.69) is 9.97 Å². The molecule has 1 atom stereocenters. The van der Waals surface area contributed by atoms with Gasteiger partial charge in [0.25, 0.3) is 5.91 Å². The molecule has 2 aromatic rings. The number of hydrogen-bond donors (Lipinski definition) is 2. The molecule has 1 aliphatic rings. The van der Waals surface area contributed by atoms with Gasteiger partial charge >= 0.3 is 0 Å². The van der Waals surface area contributed by atoms with Crippen LogP contribution in [0.1, 0.15) is 32.0 Å². The molecule has 110 valence electrons. The van der Waals surface area contributed by atoms with Gasteiger partial charge in [0.05, 0.1) is 11.0 Å². The molecule has 3 rings (SSSR count). The lowest BCUT2D eigenvalue weighted by Gasteiger charge is -2.33. The summed E-state index contributed by atoms with van der Waals surface area (Å²) in [6.45, 7) is 2.32. The Kier molecular flexibility index (Phi) is 3.16. The van der Waals surface area contributed by atoms with Crippen molar-refractivity contribution in [3.05, 3.63) is 30.1 Å². The van der Waals surface area contributed by atoms with Crippen LogP contribution < -0.4 is 5.73 Å². The predicted molar refractivity (Wildman–Crippen MR) is 78.2 cm³/mol. The number of fused-ring (bicyclic) bond motifs is 1. The summed E-state index contributed by atoms with van der Waals surface area (Å²) in [5, 5.41) is 0. The molecule has 1 aliphatic heterocycles. The van der Waals surface area contributed by atoms with E-state index in [0.717, 1.165) is 17.5 Å². The molecule has 2 amide bonds. The monoisotopic (exact) mass is 286 g/mol. The maximum atomic E-state index is 12.2. The molecule has 6 heteroatoms.